The monoisotopic (exact) mass is 938 g/mol. The number of hydrogen-bond acceptors (Lipinski definition) is 7. The van der Waals surface area contributed by atoms with Gasteiger partial charge in [0.25, 0.3) is 0 Å². The molecular formula is C51H66N3O7Pd-. The van der Waals surface area contributed by atoms with Gasteiger partial charge in [0.1, 0.15) is 17.7 Å². The number of esters is 1. The Balaban J connectivity index is 0.000000529. The zero-order valence-corrected chi connectivity index (χ0v) is 39.7. The Morgan fingerprint density at radius 2 is 1.05 bits per heavy atom. The number of amides is 3. The third-order valence-electron chi connectivity index (χ3n) is 8.64. The molecule has 0 spiro atoms. The van der Waals surface area contributed by atoms with E-state index < -0.39 is 23.3 Å². The van der Waals surface area contributed by atoms with Crippen molar-refractivity contribution in [3.8, 4) is 11.8 Å². The smallest absolute Gasteiger partial charge is 0.426 e. The molecule has 5 rings (SSSR count). The first-order valence-corrected chi connectivity index (χ1v) is 20.5. The SMILES string of the molecule is CC1CCCO1.Cc1ccc(C#Cc2ccc(CC(=O)NNC(=O)OC(C)(C)C)cc2)cc1.Cc1ccc(CCc2ccc(CC(=O)NCC(=O)OC(C)(C)C)cc2)cc1.[CH3-].[Pd]. The topological polar surface area (TPSA) is 132 Å². The number of carbonyl (C=O) groups is 4. The number of nitrogens with one attached hydrogen (secondary N) is 3. The van der Waals surface area contributed by atoms with Crippen molar-refractivity contribution in [3.63, 3.8) is 0 Å². The Labute approximate surface area is 384 Å². The molecule has 62 heavy (non-hydrogen) atoms. The summed E-state index contributed by atoms with van der Waals surface area (Å²) in [5, 5.41) is 2.61. The Morgan fingerprint density at radius 3 is 1.48 bits per heavy atom. The molecule has 1 aliphatic rings. The normalized spacial score (nSPS) is 12.7. The van der Waals surface area contributed by atoms with Crippen molar-refractivity contribution in [2.45, 2.75) is 118 Å². The first kappa shape index (κ1) is 54.8. The van der Waals surface area contributed by atoms with Gasteiger partial charge in [-0.05, 0) is 135 Å². The van der Waals surface area contributed by atoms with E-state index in [-0.39, 0.29) is 59.1 Å². The molecule has 4 aromatic rings. The average molecular weight is 940 g/mol. The van der Waals surface area contributed by atoms with Gasteiger partial charge in [-0.1, -0.05) is 95.8 Å². The number of benzene rings is 4. The van der Waals surface area contributed by atoms with Crippen molar-refractivity contribution in [3.05, 3.63) is 149 Å². The van der Waals surface area contributed by atoms with E-state index in [4.69, 9.17) is 14.2 Å². The van der Waals surface area contributed by atoms with Gasteiger partial charge in [-0.3, -0.25) is 19.8 Å². The number of rotatable bonds is 9. The molecule has 3 N–H and O–H groups in total. The summed E-state index contributed by atoms with van der Waals surface area (Å²) in [4.78, 5) is 47.0. The van der Waals surface area contributed by atoms with Crippen LogP contribution >= 0.6 is 0 Å². The van der Waals surface area contributed by atoms with Crippen LogP contribution in [-0.2, 0) is 74.7 Å². The van der Waals surface area contributed by atoms with E-state index >= 15 is 0 Å². The largest absolute Gasteiger partial charge is 0.459 e. The summed E-state index contributed by atoms with van der Waals surface area (Å²) in [5.41, 5.74) is 12.0. The summed E-state index contributed by atoms with van der Waals surface area (Å²) in [5.74, 6) is 5.26. The maximum Gasteiger partial charge on any atom is 0.426 e. The van der Waals surface area contributed by atoms with Crippen LogP contribution in [0.25, 0.3) is 0 Å². The molecule has 11 heteroatoms. The van der Waals surface area contributed by atoms with Crippen LogP contribution in [-0.4, -0.2) is 54.3 Å². The Morgan fingerprint density at radius 1 is 0.629 bits per heavy atom. The number of hydrogen-bond donors (Lipinski definition) is 3. The number of ether oxygens (including phenoxy) is 3. The van der Waals surface area contributed by atoms with Gasteiger partial charge >= 0.3 is 12.1 Å². The fourth-order valence-electron chi connectivity index (χ4n) is 5.54. The molecule has 0 radical (unpaired) electrons. The zero-order chi connectivity index (χ0) is 44.1. The van der Waals surface area contributed by atoms with Crippen LogP contribution in [0.1, 0.15) is 106 Å². The summed E-state index contributed by atoms with van der Waals surface area (Å²) < 4.78 is 15.4. The van der Waals surface area contributed by atoms with E-state index in [2.05, 4.69) is 78.3 Å². The molecule has 1 fully saturated rings. The quantitative estimate of drug-likeness (QED) is 0.0503. The van der Waals surface area contributed by atoms with E-state index in [0.717, 1.165) is 41.7 Å². The molecule has 1 unspecified atom stereocenters. The van der Waals surface area contributed by atoms with Crippen LogP contribution < -0.4 is 16.2 Å². The Bertz CT molecular complexity index is 2020. The summed E-state index contributed by atoms with van der Waals surface area (Å²) >= 11 is 0. The molecule has 0 aliphatic carbocycles. The van der Waals surface area contributed by atoms with Gasteiger partial charge in [-0.25, -0.2) is 10.2 Å². The fourth-order valence-corrected chi connectivity index (χ4v) is 5.54. The van der Waals surface area contributed by atoms with E-state index in [1.54, 1.807) is 41.5 Å². The standard InChI is InChI=1S/C23H29NO3.C22H24N2O3.C5H10O.CH3.Pd/c1-17-5-7-18(8-6-17)9-10-19-11-13-20(14-12-19)15-21(25)24-16-22(26)27-23(2,3)4;1-16-5-7-17(8-6-16)9-10-18-11-13-19(14-12-18)15-20(25)23-24-21(26)27-22(2,3)4;1-5-3-2-4-6-5;;/h5-8,11-14H,9-10,15-16H2,1-4H3,(H,24,25);5-8,11-14H,15H2,1-4H3,(H,23,25)(H,24,26);5H,2-4H2,1H3;1H3;/q;;;-1;. The van der Waals surface area contributed by atoms with Gasteiger partial charge in [-0.15, -0.1) is 0 Å². The number of carbonyl (C=O) groups excluding carboxylic acids is 4. The second-order valence-electron chi connectivity index (χ2n) is 16.8. The van der Waals surface area contributed by atoms with Gasteiger partial charge < -0.3 is 27.0 Å². The summed E-state index contributed by atoms with van der Waals surface area (Å²) in [7, 11) is 0. The molecule has 1 aliphatic heterocycles. The minimum absolute atomic E-state index is 0. The maximum absolute atomic E-state index is 12.0. The van der Waals surface area contributed by atoms with Crippen LogP contribution in [0.15, 0.2) is 97.1 Å². The number of aryl methyl sites for hydroxylation is 4. The minimum atomic E-state index is -0.697. The van der Waals surface area contributed by atoms with Gasteiger partial charge in [-0.2, -0.15) is 0 Å². The first-order chi connectivity index (χ1) is 28.3. The van der Waals surface area contributed by atoms with E-state index in [0.29, 0.717) is 6.10 Å². The van der Waals surface area contributed by atoms with E-state index in [1.165, 1.54) is 35.1 Å². The third-order valence-corrected chi connectivity index (χ3v) is 8.64. The molecule has 1 heterocycles. The predicted octanol–water partition coefficient (Wildman–Crippen LogP) is 8.91. The van der Waals surface area contributed by atoms with Gasteiger partial charge in [0.2, 0.25) is 11.8 Å². The Kier molecular flexibility index (Phi) is 24.4. The van der Waals surface area contributed by atoms with Gasteiger partial charge in [0.15, 0.2) is 0 Å². The second-order valence-corrected chi connectivity index (χ2v) is 16.8. The van der Waals surface area contributed by atoms with Crippen molar-refractivity contribution >= 4 is 23.9 Å². The Hall–Kier alpha value is -5.26. The summed E-state index contributed by atoms with van der Waals surface area (Å²) in [6.07, 6.45) is 4.73. The molecule has 0 saturated carbocycles. The number of hydrazine groups is 1. The van der Waals surface area contributed by atoms with Gasteiger partial charge in [0, 0.05) is 38.2 Å². The van der Waals surface area contributed by atoms with E-state index in [9.17, 15) is 19.2 Å². The van der Waals surface area contributed by atoms with Crippen LogP contribution in [0.3, 0.4) is 0 Å². The van der Waals surface area contributed by atoms with Crippen LogP contribution in [0.2, 0.25) is 0 Å². The van der Waals surface area contributed by atoms with Crippen molar-refractivity contribution in [1.82, 2.24) is 16.2 Å². The van der Waals surface area contributed by atoms with Crippen molar-refractivity contribution in [2.24, 2.45) is 0 Å². The molecule has 1 saturated heterocycles. The molecule has 0 aromatic heterocycles. The fraction of sp³-hybridized carbons (Fsp3) is 0.392. The van der Waals surface area contributed by atoms with Crippen LogP contribution in [0.4, 0.5) is 4.79 Å². The van der Waals surface area contributed by atoms with Crippen molar-refractivity contribution in [1.29, 1.82) is 0 Å². The van der Waals surface area contributed by atoms with Crippen molar-refractivity contribution < 1.29 is 53.8 Å². The molecule has 3 amide bonds. The van der Waals surface area contributed by atoms with Gasteiger partial charge in [0.05, 0.1) is 18.9 Å². The summed E-state index contributed by atoms with van der Waals surface area (Å²) in [6.45, 7) is 17.8. The average Bonchev–Trinajstić information content (AvgIpc) is 3.67. The molecular weight excluding hydrogens is 873 g/mol. The minimum Gasteiger partial charge on any atom is -0.459 e. The third kappa shape index (κ3) is 24.9. The molecule has 0 bridgehead atoms. The maximum atomic E-state index is 12.0. The second kappa shape index (κ2) is 27.6. The molecule has 4 aromatic carbocycles. The van der Waals surface area contributed by atoms with Crippen LogP contribution in [0, 0.1) is 33.1 Å². The first-order valence-electron chi connectivity index (χ1n) is 20.5. The molecule has 338 valence electrons. The van der Waals surface area contributed by atoms with Crippen molar-refractivity contribution in [2.75, 3.05) is 13.2 Å². The zero-order valence-electron chi connectivity index (χ0n) is 38.1. The van der Waals surface area contributed by atoms with Crippen LogP contribution in [0.5, 0.6) is 0 Å². The summed E-state index contributed by atoms with van der Waals surface area (Å²) in [6, 6.07) is 32.1. The molecule has 1 atom stereocenters. The van der Waals surface area contributed by atoms with E-state index in [1.807, 2.05) is 67.6 Å². The molecule has 10 nitrogen and oxygen atoms in total. The predicted molar refractivity (Wildman–Crippen MR) is 243 cm³/mol.